The molecule has 0 aromatic heterocycles. The summed E-state index contributed by atoms with van der Waals surface area (Å²) in [6.45, 7) is 2.44. The molecule has 1 unspecified atom stereocenters. The maximum atomic E-state index is 12.0. The minimum Gasteiger partial charge on any atom is -0.314 e. The lowest BCUT2D eigenvalue weighted by molar-refractivity contribution is 0.355. The van der Waals surface area contributed by atoms with Gasteiger partial charge in [-0.15, -0.1) is 0 Å². The first kappa shape index (κ1) is 12.8. The topological polar surface area (TPSA) is 12.0 Å². The third kappa shape index (κ3) is 8.16. The Morgan fingerprint density at radius 3 is 2.38 bits per heavy atom. The Labute approximate surface area is 79.9 Å². The molecule has 1 atom stereocenters. The van der Waals surface area contributed by atoms with E-state index in [0.29, 0.717) is 12.8 Å². The van der Waals surface area contributed by atoms with E-state index in [0.717, 1.165) is 25.8 Å². The number of unbranched alkanes of at least 4 members (excludes halogenated alkanes) is 1. The van der Waals surface area contributed by atoms with Crippen molar-refractivity contribution < 1.29 is 8.78 Å². The molecular formula is C10H21F2N. The van der Waals surface area contributed by atoms with Gasteiger partial charge in [0.15, 0.2) is 0 Å². The van der Waals surface area contributed by atoms with Crippen molar-refractivity contribution in [3.05, 3.63) is 0 Å². The first-order chi connectivity index (χ1) is 6.35. The van der Waals surface area contributed by atoms with Crippen molar-refractivity contribution in [3.8, 4) is 0 Å². The van der Waals surface area contributed by atoms with E-state index in [2.05, 4.69) is 12.2 Å². The molecule has 0 radical (unpaired) electrons. The molecule has 1 N–H and O–H groups in total. The summed E-state index contributed by atoms with van der Waals surface area (Å²) in [4.78, 5) is 0. The summed E-state index contributed by atoms with van der Waals surface area (Å²) in [5.41, 5.74) is 0. The fourth-order valence-corrected chi connectivity index (χ4v) is 1.29. The number of hydrogen-bond donors (Lipinski definition) is 1. The third-order valence-electron chi connectivity index (χ3n) is 2.11. The van der Waals surface area contributed by atoms with Crippen LogP contribution in [0.15, 0.2) is 0 Å². The molecule has 0 saturated carbocycles. The first-order valence-corrected chi connectivity index (χ1v) is 5.20. The Hall–Kier alpha value is -0.180. The predicted molar refractivity (Wildman–Crippen MR) is 52.5 cm³/mol. The van der Waals surface area contributed by atoms with E-state index in [-0.39, 0.29) is 19.4 Å². The molecule has 0 aromatic carbocycles. The second-order valence-electron chi connectivity index (χ2n) is 3.31. The van der Waals surface area contributed by atoms with Gasteiger partial charge >= 0.3 is 0 Å². The Balaban J connectivity index is 3.41. The second-order valence-corrected chi connectivity index (χ2v) is 3.31. The van der Waals surface area contributed by atoms with E-state index in [9.17, 15) is 8.78 Å². The van der Waals surface area contributed by atoms with E-state index in [1.165, 1.54) is 0 Å². The molecule has 0 amide bonds. The Kier molecular flexibility index (Phi) is 9.77. The van der Waals surface area contributed by atoms with E-state index in [1.807, 2.05) is 0 Å². The fraction of sp³-hybridized carbons (Fsp3) is 1.00. The van der Waals surface area contributed by atoms with Crippen molar-refractivity contribution in [3.63, 3.8) is 0 Å². The molecule has 0 spiro atoms. The Morgan fingerprint density at radius 1 is 1.08 bits per heavy atom. The zero-order valence-electron chi connectivity index (χ0n) is 8.49. The molecule has 0 aromatic rings. The highest BCUT2D eigenvalue weighted by Gasteiger charge is 2.06. The van der Waals surface area contributed by atoms with Crippen LogP contribution in [0.1, 0.15) is 39.0 Å². The van der Waals surface area contributed by atoms with Crippen LogP contribution < -0.4 is 5.32 Å². The summed E-state index contributed by atoms with van der Waals surface area (Å²) in [6.07, 6.45) is 4.06. The Morgan fingerprint density at radius 2 is 1.85 bits per heavy atom. The second kappa shape index (κ2) is 9.90. The minimum atomic E-state index is -0.309. The average Bonchev–Trinajstić information content (AvgIpc) is 2.14. The highest BCUT2D eigenvalue weighted by atomic mass is 19.1. The molecule has 3 heteroatoms. The normalized spacial score (nSPS) is 13.2. The number of alkyl halides is 2. The number of hydrogen-bond acceptors (Lipinski definition) is 1. The summed E-state index contributed by atoms with van der Waals surface area (Å²) in [7, 11) is 0. The van der Waals surface area contributed by atoms with E-state index < -0.39 is 0 Å². The monoisotopic (exact) mass is 193 g/mol. The van der Waals surface area contributed by atoms with Gasteiger partial charge in [0.2, 0.25) is 0 Å². The van der Waals surface area contributed by atoms with Crippen molar-refractivity contribution in [1.82, 2.24) is 5.32 Å². The number of nitrogens with one attached hydrogen (secondary N) is 1. The molecule has 0 aliphatic rings. The van der Waals surface area contributed by atoms with Gasteiger partial charge in [-0.1, -0.05) is 13.3 Å². The molecule has 0 rings (SSSR count). The van der Waals surface area contributed by atoms with Crippen LogP contribution in [0.25, 0.3) is 0 Å². The predicted octanol–water partition coefficient (Wildman–Crippen LogP) is 2.85. The zero-order valence-corrected chi connectivity index (χ0v) is 8.49. The van der Waals surface area contributed by atoms with Crippen molar-refractivity contribution in [2.45, 2.75) is 45.1 Å². The molecule has 0 aliphatic carbocycles. The molecule has 0 bridgehead atoms. The lowest BCUT2D eigenvalue weighted by atomic mass is 10.1. The van der Waals surface area contributed by atoms with E-state index in [1.54, 1.807) is 0 Å². The fourth-order valence-electron chi connectivity index (χ4n) is 1.29. The standard InChI is InChI=1S/C10H21F2N/c1-2-3-9-13-10(6-8-12)5-4-7-11/h10,13H,2-9H2,1H3. The van der Waals surface area contributed by atoms with Crippen LogP contribution in [-0.4, -0.2) is 25.9 Å². The van der Waals surface area contributed by atoms with E-state index >= 15 is 0 Å². The van der Waals surface area contributed by atoms with Crippen molar-refractivity contribution in [1.29, 1.82) is 0 Å². The first-order valence-electron chi connectivity index (χ1n) is 5.20. The maximum absolute atomic E-state index is 12.0. The number of halogens is 2. The highest BCUT2D eigenvalue weighted by Crippen LogP contribution is 2.03. The van der Waals surface area contributed by atoms with Crippen LogP contribution in [-0.2, 0) is 0 Å². The van der Waals surface area contributed by atoms with Crippen molar-refractivity contribution >= 4 is 0 Å². The van der Waals surface area contributed by atoms with Gasteiger partial charge in [-0.05, 0) is 32.2 Å². The highest BCUT2D eigenvalue weighted by molar-refractivity contribution is 4.66. The van der Waals surface area contributed by atoms with Gasteiger partial charge in [-0.2, -0.15) is 0 Å². The van der Waals surface area contributed by atoms with Crippen LogP contribution in [0, 0.1) is 0 Å². The van der Waals surface area contributed by atoms with Gasteiger partial charge in [0, 0.05) is 6.04 Å². The summed E-state index contributed by atoms with van der Waals surface area (Å²) >= 11 is 0. The SMILES string of the molecule is CCCCNC(CCF)CCCF. The minimum absolute atomic E-state index is 0.173. The summed E-state index contributed by atoms with van der Waals surface area (Å²) < 4.78 is 23.9. The summed E-state index contributed by atoms with van der Waals surface area (Å²) in [5.74, 6) is 0. The molecule has 0 aliphatic heterocycles. The molecular weight excluding hydrogens is 172 g/mol. The van der Waals surface area contributed by atoms with Crippen LogP contribution in [0.2, 0.25) is 0 Å². The largest absolute Gasteiger partial charge is 0.314 e. The van der Waals surface area contributed by atoms with Crippen molar-refractivity contribution in [2.75, 3.05) is 19.9 Å². The van der Waals surface area contributed by atoms with E-state index in [4.69, 9.17) is 0 Å². The van der Waals surface area contributed by atoms with Gasteiger partial charge in [0.05, 0.1) is 13.3 Å². The van der Waals surface area contributed by atoms with Gasteiger partial charge in [0.1, 0.15) is 0 Å². The summed E-state index contributed by atoms with van der Waals surface area (Å²) in [5, 5.41) is 3.25. The quantitative estimate of drug-likeness (QED) is 0.555. The smallest absolute Gasteiger partial charge is 0.0909 e. The zero-order chi connectivity index (χ0) is 9.94. The molecule has 0 fully saturated rings. The molecule has 80 valence electrons. The number of rotatable bonds is 9. The lowest BCUT2D eigenvalue weighted by Gasteiger charge is -2.16. The van der Waals surface area contributed by atoms with Crippen molar-refractivity contribution in [2.24, 2.45) is 0 Å². The van der Waals surface area contributed by atoms with Crippen LogP contribution in [0.3, 0.4) is 0 Å². The van der Waals surface area contributed by atoms with Gasteiger partial charge in [-0.3, -0.25) is 8.78 Å². The summed E-state index contributed by atoms with van der Waals surface area (Å²) in [6, 6.07) is 0.173. The molecule has 1 nitrogen and oxygen atoms in total. The van der Waals surface area contributed by atoms with Crippen LogP contribution >= 0.6 is 0 Å². The van der Waals surface area contributed by atoms with Crippen LogP contribution in [0.4, 0.5) is 8.78 Å². The van der Waals surface area contributed by atoms with Crippen LogP contribution in [0.5, 0.6) is 0 Å². The average molecular weight is 193 g/mol. The van der Waals surface area contributed by atoms with Gasteiger partial charge in [0.25, 0.3) is 0 Å². The third-order valence-corrected chi connectivity index (χ3v) is 2.11. The molecule has 13 heavy (non-hydrogen) atoms. The van der Waals surface area contributed by atoms with Gasteiger partial charge < -0.3 is 5.32 Å². The maximum Gasteiger partial charge on any atom is 0.0909 e. The molecule has 0 saturated heterocycles. The molecule has 0 heterocycles. The van der Waals surface area contributed by atoms with Gasteiger partial charge in [-0.25, -0.2) is 0 Å². The Bertz CT molecular complexity index is 98.9. The lowest BCUT2D eigenvalue weighted by Crippen LogP contribution is -2.30.